The molecule has 0 spiro atoms. The van der Waals surface area contributed by atoms with Crippen LogP contribution in [-0.4, -0.2) is 26.2 Å². The summed E-state index contributed by atoms with van der Waals surface area (Å²) in [6.07, 6.45) is 0. The summed E-state index contributed by atoms with van der Waals surface area (Å²) in [4.78, 5) is 6.69. The van der Waals surface area contributed by atoms with E-state index in [1.807, 2.05) is 40.1 Å². The highest BCUT2D eigenvalue weighted by atomic mass is 16.5. The number of hydrogen-bond donors (Lipinski definition) is 1. The molecule has 1 heterocycles. The molecule has 1 atom stereocenters. The van der Waals surface area contributed by atoms with E-state index in [1.165, 1.54) is 0 Å². The average molecular weight is 259 g/mol. The predicted molar refractivity (Wildman–Crippen MR) is 80.0 cm³/mol. The molecule has 0 bridgehead atoms. The van der Waals surface area contributed by atoms with E-state index in [9.17, 15) is 0 Å². The van der Waals surface area contributed by atoms with Gasteiger partial charge < -0.3 is 15.4 Å². The van der Waals surface area contributed by atoms with Crippen molar-refractivity contribution in [2.24, 2.45) is 5.73 Å². The number of anilines is 1. The largest absolute Gasteiger partial charge is 0.496 e. The van der Waals surface area contributed by atoms with Crippen molar-refractivity contribution in [1.82, 2.24) is 4.98 Å². The zero-order chi connectivity index (χ0) is 14.2. The molecule has 0 aliphatic rings. The van der Waals surface area contributed by atoms with Gasteiger partial charge in [-0.15, -0.1) is 0 Å². The lowest BCUT2D eigenvalue weighted by Crippen LogP contribution is -2.14. The second-order valence-electron chi connectivity index (χ2n) is 5.04. The summed E-state index contributed by atoms with van der Waals surface area (Å²) in [5.41, 5.74) is 10.2. The van der Waals surface area contributed by atoms with Crippen LogP contribution in [0.4, 0.5) is 5.69 Å². The van der Waals surface area contributed by atoms with Crippen LogP contribution in [0.2, 0.25) is 0 Å². The third kappa shape index (κ3) is 2.36. The minimum Gasteiger partial charge on any atom is -0.496 e. The molecular formula is C15H21N3O. The summed E-state index contributed by atoms with van der Waals surface area (Å²) in [5, 5.41) is 1.07. The maximum absolute atomic E-state index is 6.14. The first-order valence-corrected chi connectivity index (χ1v) is 6.37. The molecule has 2 aromatic rings. The van der Waals surface area contributed by atoms with E-state index < -0.39 is 0 Å². The number of benzene rings is 1. The Bertz CT molecular complexity index is 606. The molecule has 4 heteroatoms. The van der Waals surface area contributed by atoms with Gasteiger partial charge in [0.15, 0.2) is 0 Å². The van der Waals surface area contributed by atoms with Crippen LogP contribution >= 0.6 is 0 Å². The average Bonchev–Trinajstić information content (AvgIpc) is 2.35. The van der Waals surface area contributed by atoms with E-state index in [1.54, 1.807) is 7.11 Å². The highest BCUT2D eigenvalue weighted by molar-refractivity contribution is 5.96. The van der Waals surface area contributed by atoms with Crippen molar-refractivity contribution in [1.29, 1.82) is 0 Å². The number of aromatic nitrogens is 1. The molecule has 1 aromatic heterocycles. The Balaban J connectivity index is 2.92. The van der Waals surface area contributed by atoms with Gasteiger partial charge in [-0.05, 0) is 32.0 Å². The van der Waals surface area contributed by atoms with Crippen LogP contribution in [-0.2, 0) is 0 Å². The molecule has 0 aliphatic heterocycles. The molecule has 2 N–H and O–H groups in total. The van der Waals surface area contributed by atoms with Gasteiger partial charge in [-0.2, -0.15) is 0 Å². The van der Waals surface area contributed by atoms with Crippen molar-refractivity contribution in [3.8, 4) is 5.75 Å². The zero-order valence-electron chi connectivity index (χ0n) is 12.2. The molecular weight excluding hydrogens is 238 g/mol. The van der Waals surface area contributed by atoms with Crippen molar-refractivity contribution in [2.75, 3.05) is 26.1 Å². The molecule has 1 unspecified atom stereocenters. The van der Waals surface area contributed by atoms with Gasteiger partial charge >= 0.3 is 0 Å². The normalized spacial score (nSPS) is 12.5. The molecule has 0 radical (unpaired) electrons. The standard InChI is InChI=1S/C15H21N3O/c1-9-8-12(18(3)4)15-11(17-9)6-7-13(19-5)14(15)10(2)16/h6-8,10H,16H2,1-5H3. The number of hydrogen-bond acceptors (Lipinski definition) is 4. The Morgan fingerprint density at radius 3 is 2.53 bits per heavy atom. The maximum atomic E-state index is 6.14. The van der Waals surface area contributed by atoms with E-state index in [0.29, 0.717) is 0 Å². The second kappa shape index (κ2) is 5.05. The summed E-state index contributed by atoms with van der Waals surface area (Å²) in [7, 11) is 5.72. The molecule has 0 saturated carbocycles. The first-order valence-electron chi connectivity index (χ1n) is 6.37. The van der Waals surface area contributed by atoms with Crippen LogP contribution in [0, 0.1) is 6.92 Å². The summed E-state index contributed by atoms with van der Waals surface area (Å²) in [5.74, 6) is 0.816. The quantitative estimate of drug-likeness (QED) is 0.920. The molecule has 19 heavy (non-hydrogen) atoms. The zero-order valence-corrected chi connectivity index (χ0v) is 12.2. The van der Waals surface area contributed by atoms with Gasteiger partial charge in [-0.25, -0.2) is 0 Å². The van der Waals surface area contributed by atoms with Crippen molar-refractivity contribution in [3.63, 3.8) is 0 Å². The smallest absolute Gasteiger partial charge is 0.124 e. The van der Waals surface area contributed by atoms with Gasteiger partial charge in [-0.1, -0.05) is 0 Å². The number of fused-ring (bicyclic) bond motifs is 1. The number of rotatable bonds is 3. The minimum absolute atomic E-state index is 0.109. The molecule has 102 valence electrons. The number of pyridine rings is 1. The van der Waals surface area contributed by atoms with E-state index in [4.69, 9.17) is 10.5 Å². The van der Waals surface area contributed by atoms with Gasteiger partial charge in [0.2, 0.25) is 0 Å². The third-order valence-electron chi connectivity index (χ3n) is 3.24. The van der Waals surface area contributed by atoms with E-state index in [2.05, 4.69) is 16.0 Å². The lowest BCUT2D eigenvalue weighted by Gasteiger charge is -2.21. The van der Waals surface area contributed by atoms with Gasteiger partial charge in [-0.3, -0.25) is 4.98 Å². The van der Waals surface area contributed by atoms with E-state index >= 15 is 0 Å². The Hall–Kier alpha value is -1.81. The van der Waals surface area contributed by atoms with Gasteiger partial charge in [0.1, 0.15) is 5.75 Å². The summed E-state index contributed by atoms with van der Waals surface area (Å²) >= 11 is 0. The Labute approximate surface area is 114 Å². The van der Waals surface area contributed by atoms with E-state index in [-0.39, 0.29) is 6.04 Å². The fourth-order valence-electron chi connectivity index (χ4n) is 2.43. The van der Waals surface area contributed by atoms with Crippen molar-refractivity contribution >= 4 is 16.6 Å². The first kappa shape index (κ1) is 13.6. The Morgan fingerprint density at radius 1 is 1.32 bits per heavy atom. The van der Waals surface area contributed by atoms with Crippen LogP contribution in [0.15, 0.2) is 18.2 Å². The van der Waals surface area contributed by atoms with E-state index in [0.717, 1.165) is 33.6 Å². The first-order chi connectivity index (χ1) is 8.95. The van der Waals surface area contributed by atoms with Crippen LogP contribution in [0.3, 0.4) is 0 Å². The lowest BCUT2D eigenvalue weighted by molar-refractivity contribution is 0.408. The van der Waals surface area contributed by atoms with Gasteiger partial charge in [0, 0.05) is 42.5 Å². The van der Waals surface area contributed by atoms with Crippen LogP contribution < -0.4 is 15.4 Å². The number of nitrogens with zero attached hydrogens (tertiary/aromatic N) is 2. The highest BCUT2D eigenvalue weighted by Gasteiger charge is 2.17. The summed E-state index contributed by atoms with van der Waals surface area (Å²) in [6, 6.07) is 5.89. The second-order valence-corrected chi connectivity index (χ2v) is 5.04. The molecule has 0 saturated heterocycles. The monoisotopic (exact) mass is 259 g/mol. The van der Waals surface area contributed by atoms with Crippen LogP contribution in [0.1, 0.15) is 24.2 Å². The minimum atomic E-state index is -0.109. The summed E-state index contributed by atoms with van der Waals surface area (Å²) in [6.45, 7) is 3.97. The van der Waals surface area contributed by atoms with Crippen LogP contribution in [0.5, 0.6) is 5.75 Å². The Kier molecular flexibility index (Phi) is 3.62. The van der Waals surface area contributed by atoms with Gasteiger partial charge in [0.05, 0.1) is 12.6 Å². The SMILES string of the molecule is COc1ccc2nc(C)cc(N(C)C)c2c1C(C)N. The number of ether oxygens (including phenoxy) is 1. The topological polar surface area (TPSA) is 51.4 Å². The molecule has 0 fully saturated rings. The third-order valence-corrected chi connectivity index (χ3v) is 3.24. The molecule has 0 amide bonds. The highest BCUT2D eigenvalue weighted by Crippen LogP contribution is 2.37. The number of methoxy groups -OCH3 is 1. The van der Waals surface area contributed by atoms with Crippen molar-refractivity contribution < 1.29 is 4.74 Å². The molecule has 2 rings (SSSR count). The fourth-order valence-corrected chi connectivity index (χ4v) is 2.43. The molecule has 4 nitrogen and oxygen atoms in total. The fraction of sp³-hybridized carbons (Fsp3) is 0.400. The van der Waals surface area contributed by atoms with Crippen molar-refractivity contribution in [3.05, 3.63) is 29.5 Å². The summed E-state index contributed by atoms with van der Waals surface area (Å²) < 4.78 is 5.45. The molecule has 0 aliphatic carbocycles. The number of nitrogens with two attached hydrogens (primary N) is 1. The molecule has 1 aromatic carbocycles. The van der Waals surface area contributed by atoms with Gasteiger partial charge in [0.25, 0.3) is 0 Å². The van der Waals surface area contributed by atoms with Crippen molar-refractivity contribution in [2.45, 2.75) is 19.9 Å². The van der Waals surface area contributed by atoms with Crippen LogP contribution in [0.25, 0.3) is 10.9 Å². The Morgan fingerprint density at radius 2 is 2.00 bits per heavy atom. The predicted octanol–water partition coefficient (Wildman–Crippen LogP) is 2.64. The lowest BCUT2D eigenvalue weighted by atomic mass is 9.99. The maximum Gasteiger partial charge on any atom is 0.124 e. The number of aryl methyl sites for hydroxylation is 1.